The summed E-state index contributed by atoms with van der Waals surface area (Å²) >= 11 is 1.12. The smallest absolute Gasteiger partial charge is 0.321 e. The first-order chi connectivity index (χ1) is 14.6. The maximum atomic E-state index is 14.4. The molecule has 30 heavy (non-hydrogen) atoms. The molecule has 2 N–H and O–H groups in total. The summed E-state index contributed by atoms with van der Waals surface area (Å²) < 4.78 is 16.1. The molecule has 0 fully saturated rings. The summed E-state index contributed by atoms with van der Waals surface area (Å²) in [6.07, 6.45) is 1.51. The van der Waals surface area contributed by atoms with Crippen LogP contribution in [0.2, 0.25) is 0 Å². The van der Waals surface area contributed by atoms with Crippen molar-refractivity contribution in [1.82, 2.24) is 25.4 Å². The SMILES string of the molecule is C=CCNC(=O)NC(=O)CSc1nnc(-c2ccccc2F)n1Cc1ccccc1. The molecule has 3 rings (SSSR count). The summed E-state index contributed by atoms with van der Waals surface area (Å²) in [5.74, 6) is -0.578. The van der Waals surface area contributed by atoms with E-state index < -0.39 is 17.8 Å². The van der Waals surface area contributed by atoms with Crippen LogP contribution in [-0.2, 0) is 11.3 Å². The summed E-state index contributed by atoms with van der Waals surface area (Å²) in [5, 5.41) is 13.4. The Morgan fingerprint density at radius 3 is 2.57 bits per heavy atom. The zero-order valence-corrected chi connectivity index (χ0v) is 16.9. The van der Waals surface area contributed by atoms with Crippen molar-refractivity contribution in [2.45, 2.75) is 11.7 Å². The number of rotatable bonds is 8. The second-order valence-corrected chi connectivity index (χ2v) is 7.14. The highest BCUT2D eigenvalue weighted by Gasteiger charge is 2.18. The van der Waals surface area contributed by atoms with Crippen LogP contribution in [0.1, 0.15) is 5.56 Å². The van der Waals surface area contributed by atoms with Gasteiger partial charge in [-0.1, -0.05) is 60.3 Å². The minimum absolute atomic E-state index is 0.0499. The fraction of sp³-hybridized carbons (Fsp3) is 0.143. The van der Waals surface area contributed by atoms with E-state index in [4.69, 9.17) is 0 Å². The van der Waals surface area contributed by atoms with Crippen LogP contribution in [0.4, 0.5) is 9.18 Å². The number of thioether (sulfide) groups is 1. The van der Waals surface area contributed by atoms with E-state index in [1.807, 2.05) is 30.3 Å². The average Bonchev–Trinajstić information content (AvgIpc) is 3.14. The van der Waals surface area contributed by atoms with Gasteiger partial charge in [0.15, 0.2) is 11.0 Å². The normalized spacial score (nSPS) is 10.4. The highest BCUT2D eigenvalue weighted by Crippen LogP contribution is 2.26. The molecular formula is C21H20FN5O2S. The molecule has 3 aromatic rings. The Morgan fingerprint density at radius 1 is 1.10 bits per heavy atom. The van der Waals surface area contributed by atoms with Crippen molar-refractivity contribution < 1.29 is 14.0 Å². The lowest BCUT2D eigenvalue weighted by atomic mass is 10.2. The first kappa shape index (κ1) is 21.3. The van der Waals surface area contributed by atoms with Crippen LogP contribution in [0.25, 0.3) is 11.4 Å². The summed E-state index contributed by atoms with van der Waals surface area (Å²) in [5.41, 5.74) is 1.30. The molecule has 0 saturated carbocycles. The van der Waals surface area contributed by atoms with Gasteiger partial charge in [-0.05, 0) is 17.7 Å². The van der Waals surface area contributed by atoms with Gasteiger partial charge in [0, 0.05) is 6.54 Å². The molecule has 0 bridgehead atoms. The number of benzene rings is 2. The molecule has 7 nitrogen and oxygen atoms in total. The Balaban J connectivity index is 1.80. The third-order valence-electron chi connectivity index (χ3n) is 4.01. The van der Waals surface area contributed by atoms with Crippen molar-refractivity contribution in [2.75, 3.05) is 12.3 Å². The monoisotopic (exact) mass is 425 g/mol. The van der Waals surface area contributed by atoms with Gasteiger partial charge in [0.2, 0.25) is 5.91 Å². The Morgan fingerprint density at radius 2 is 1.83 bits per heavy atom. The van der Waals surface area contributed by atoms with Crippen molar-refractivity contribution >= 4 is 23.7 Å². The third-order valence-corrected chi connectivity index (χ3v) is 4.97. The molecule has 0 aliphatic carbocycles. The molecular weight excluding hydrogens is 405 g/mol. The Bertz CT molecular complexity index is 1040. The number of amides is 3. The van der Waals surface area contributed by atoms with Gasteiger partial charge >= 0.3 is 6.03 Å². The number of halogens is 1. The van der Waals surface area contributed by atoms with Crippen LogP contribution in [0, 0.1) is 5.82 Å². The van der Waals surface area contributed by atoms with Crippen LogP contribution >= 0.6 is 11.8 Å². The van der Waals surface area contributed by atoms with Crippen LogP contribution in [0.15, 0.2) is 72.4 Å². The van der Waals surface area contributed by atoms with Gasteiger partial charge in [-0.25, -0.2) is 9.18 Å². The van der Waals surface area contributed by atoms with Gasteiger partial charge in [0.05, 0.1) is 17.9 Å². The maximum absolute atomic E-state index is 14.4. The molecule has 3 amide bonds. The predicted octanol–water partition coefficient (Wildman–Crippen LogP) is 3.24. The number of carbonyl (C=O) groups is 2. The molecule has 0 atom stereocenters. The summed E-state index contributed by atoms with van der Waals surface area (Å²) in [6.45, 7) is 4.15. The first-order valence-corrected chi connectivity index (χ1v) is 10.1. The molecule has 1 heterocycles. The number of hydrogen-bond acceptors (Lipinski definition) is 5. The van der Waals surface area contributed by atoms with Gasteiger partial charge in [-0.15, -0.1) is 16.8 Å². The molecule has 1 aromatic heterocycles. The van der Waals surface area contributed by atoms with Gasteiger partial charge in [-0.2, -0.15) is 0 Å². The largest absolute Gasteiger partial charge is 0.334 e. The van der Waals surface area contributed by atoms with E-state index in [2.05, 4.69) is 27.4 Å². The molecule has 2 aromatic carbocycles. The van der Waals surface area contributed by atoms with Gasteiger partial charge in [-0.3, -0.25) is 14.7 Å². The average molecular weight is 425 g/mol. The zero-order valence-electron chi connectivity index (χ0n) is 16.0. The fourth-order valence-electron chi connectivity index (χ4n) is 2.65. The van der Waals surface area contributed by atoms with Crippen LogP contribution < -0.4 is 10.6 Å². The number of carbonyl (C=O) groups excluding carboxylic acids is 2. The van der Waals surface area contributed by atoms with E-state index in [-0.39, 0.29) is 12.3 Å². The van der Waals surface area contributed by atoms with Crippen molar-refractivity contribution in [3.05, 3.63) is 78.6 Å². The quantitative estimate of drug-likeness (QED) is 0.427. The van der Waals surface area contributed by atoms with Gasteiger partial charge in [0.25, 0.3) is 0 Å². The van der Waals surface area contributed by atoms with E-state index in [0.29, 0.717) is 23.1 Å². The van der Waals surface area contributed by atoms with E-state index in [0.717, 1.165) is 17.3 Å². The summed E-state index contributed by atoms with van der Waals surface area (Å²) in [7, 11) is 0. The lowest BCUT2D eigenvalue weighted by Crippen LogP contribution is -2.40. The summed E-state index contributed by atoms with van der Waals surface area (Å²) in [4.78, 5) is 23.6. The van der Waals surface area contributed by atoms with Crippen molar-refractivity contribution in [2.24, 2.45) is 0 Å². The number of aromatic nitrogens is 3. The Kier molecular flexibility index (Phi) is 7.34. The first-order valence-electron chi connectivity index (χ1n) is 9.12. The lowest BCUT2D eigenvalue weighted by Gasteiger charge is -2.11. The second kappa shape index (κ2) is 10.4. The fourth-order valence-corrected chi connectivity index (χ4v) is 3.39. The Hall–Kier alpha value is -3.46. The summed E-state index contributed by atoms with van der Waals surface area (Å²) in [6, 6.07) is 15.3. The molecule has 0 saturated heterocycles. The number of urea groups is 1. The maximum Gasteiger partial charge on any atom is 0.321 e. The highest BCUT2D eigenvalue weighted by atomic mass is 32.2. The Labute approximate surface area is 177 Å². The van der Waals surface area contributed by atoms with Crippen LogP contribution in [0.5, 0.6) is 0 Å². The van der Waals surface area contributed by atoms with E-state index in [9.17, 15) is 14.0 Å². The molecule has 0 radical (unpaired) electrons. The number of nitrogens with zero attached hydrogens (tertiary/aromatic N) is 3. The van der Waals surface area contributed by atoms with Gasteiger partial charge < -0.3 is 5.32 Å². The molecule has 0 aliphatic heterocycles. The van der Waals surface area contributed by atoms with Crippen LogP contribution in [0.3, 0.4) is 0 Å². The van der Waals surface area contributed by atoms with Crippen molar-refractivity contribution in [3.8, 4) is 11.4 Å². The molecule has 154 valence electrons. The predicted molar refractivity (Wildman–Crippen MR) is 113 cm³/mol. The highest BCUT2D eigenvalue weighted by molar-refractivity contribution is 7.99. The zero-order chi connectivity index (χ0) is 21.3. The molecule has 0 spiro atoms. The topological polar surface area (TPSA) is 88.9 Å². The van der Waals surface area contributed by atoms with Gasteiger partial charge in [0.1, 0.15) is 5.82 Å². The molecule has 0 unspecified atom stereocenters. The van der Waals surface area contributed by atoms with Crippen molar-refractivity contribution in [3.63, 3.8) is 0 Å². The van der Waals surface area contributed by atoms with Crippen molar-refractivity contribution in [1.29, 1.82) is 0 Å². The molecule has 9 heteroatoms. The number of imide groups is 1. The van der Waals surface area contributed by atoms with E-state index in [1.54, 1.807) is 22.8 Å². The van der Waals surface area contributed by atoms with Crippen LogP contribution in [-0.4, -0.2) is 39.0 Å². The minimum atomic E-state index is -0.599. The second-order valence-electron chi connectivity index (χ2n) is 6.19. The molecule has 0 aliphatic rings. The minimum Gasteiger partial charge on any atom is -0.334 e. The van der Waals surface area contributed by atoms with E-state index in [1.165, 1.54) is 12.1 Å². The van der Waals surface area contributed by atoms with E-state index >= 15 is 0 Å². The number of nitrogens with one attached hydrogen (secondary N) is 2. The lowest BCUT2D eigenvalue weighted by molar-refractivity contribution is -0.117. The number of hydrogen-bond donors (Lipinski definition) is 2. The third kappa shape index (κ3) is 5.54. The standard InChI is InChI=1S/C21H20FN5O2S/c1-2-12-23-20(29)24-18(28)14-30-21-26-25-19(16-10-6-7-11-17(16)22)27(21)13-15-8-4-3-5-9-15/h2-11H,1,12-14H2,(H2,23,24,28,29).